The van der Waals surface area contributed by atoms with Crippen molar-refractivity contribution < 1.29 is 14.4 Å². The Balaban J connectivity index is 1.64. The molecule has 0 aliphatic rings. The lowest BCUT2D eigenvalue weighted by Gasteiger charge is -2.13. The van der Waals surface area contributed by atoms with Crippen LogP contribution in [0.2, 0.25) is 20.1 Å². The van der Waals surface area contributed by atoms with E-state index in [1.165, 1.54) is 35.0 Å². The monoisotopic (exact) mass is 534 g/mol. The molecule has 0 bridgehead atoms. The van der Waals surface area contributed by atoms with Crippen molar-refractivity contribution in [2.45, 2.75) is 0 Å². The molecular weight excluding hydrogens is 522 g/mol. The number of carbonyl (C=O) groups is 3. The van der Waals surface area contributed by atoms with Gasteiger partial charge in [0.15, 0.2) is 0 Å². The minimum absolute atomic E-state index is 0.0391. The van der Waals surface area contributed by atoms with Crippen molar-refractivity contribution in [3.8, 4) is 0 Å². The molecule has 0 saturated carbocycles. The molecule has 0 unspecified atom stereocenters. The number of aromatic nitrogens is 1. The lowest BCUT2D eigenvalue weighted by atomic mass is 10.2. The Morgan fingerprint density at radius 3 is 2.03 bits per heavy atom. The van der Waals surface area contributed by atoms with Crippen molar-refractivity contribution in [3.05, 3.63) is 92.5 Å². The molecule has 7 nitrogen and oxygen atoms in total. The fourth-order valence-electron chi connectivity index (χ4n) is 3.20. The molecule has 34 heavy (non-hydrogen) atoms. The molecule has 0 fully saturated rings. The topological polar surface area (TPSA) is 92.2 Å². The van der Waals surface area contributed by atoms with Gasteiger partial charge >= 0.3 is 11.8 Å². The molecule has 4 aromatic rings. The zero-order chi connectivity index (χ0) is 24.4. The van der Waals surface area contributed by atoms with Crippen LogP contribution in [-0.4, -0.2) is 22.4 Å². The van der Waals surface area contributed by atoms with Crippen LogP contribution in [-0.2, 0) is 9.59 Å². The molecule has 0 spiro atoms. The third kappa shape index (κ3) is 5.46. The molecule has 0 aliphatic carbocycles. The Kier molecular flexibility index (Phi) is 7.00. The summed E-state index contributed by atoms with van der Waals surface area (Å²) in [7, 11) is 0. The number of hydrogen-bond acceptors (Lipinski definition) is 3. The van der Waals surface area contributed by atoms with E-state index in [2.05, 4.69) is 16.1 Å². The number of halogens is 4. The third-order valence-corrected chi connectivity index (χ3v) is 5.53. The van der Waals surface area contributed by atoms with Crippen LogP contribution in [0.15, 0.2) is 66.7 Å². The summed E-state index contributed by atoms with van der Waals surface area (Å²) in [5.74, 6) is -2.54. The molecule has 1 heterocycles. The maximum atomic E-state index is 13.1. The van der Waals surface area contributed by atoms with Crippen LogP contribution >= 0.6 is 46.4 Å². The van der Waals surface area contributed by atoms with Crippen LogP contribution in [0, 0.1) is 0 Å². The van der Waals surface area contributed by atoms with Gasteiger partial charge in [0, 0.05) is 36.9 Å². The van der Waals surface area contributed by atoms with Gasteiger partial charge in [-0.25, -0.2) is 4.68 Å². The molecule has 3 N–H and O–H groups in total. The van der Waals surface area contributed by atoms with Gasteiger partial charge < -0.3 is 10.6 Å². The van der Waals surface area contributed by atoms with Crippen molar-refractivity contribution in [1.82, 2.24) is 4.68 Å². The second kappa shape index (κ2) is 9.95. The van der Waals surface area contributed by atoms with E-state index in [1.54, 1.807) is 36.4 Å². The average Bonchev–Trinajstić information content (AvgIpc) is 3.10. The molecule has 4 rings (SSSR count). The molecule has 0 radical (unpaired) electrons. The molecule has 1 aromatic heterocycles. The summed E-state index contributed by atoms with van der Waals surface area (Å²) in [6.07, 6.45) is 0. The number of benzene rings is 3. The van der Waals surface area contributed by atoms with Gasteiger partial charge in [-0.3, -0.25) is 19.8 Å². The van der Waals surface area contributed by atoms with Gasteiger partial charge in [0.05, 0.1) is 5.52 Å². The molecule has 172 valence electrons. The predicted octanol–water partition coefficient (Wildman–Crippen LogP) is 6.22. The van der Waals surface area contributed by atoms with Gasteiger partial charge in [-0.2, -0.15) is 0 Å². The Labute approximate surface area is 213 Å². The van der Waals surface area contributed by atoms with Gasteiger partial charge in [0.25, 0.3) is 5.91 Å². The average molecular weight is 536 g/mol. The number of anilines is 2. The molecule has 11 heteroatoms. The van der Waals surface area contributed by atoms with Gasteiger partial charge in [-0.1, -0.05) is 52.5 Å². The first kappa shape index (κ1) is 23.9. The zero-order valence-electron chi connectivity index (χ0n) is 17.0. The number of nitrogens with zero attached hydrogens (tertiary/aromatic N) is 1. The number of fused-ring (bicyclic) bond motifs is 1. The molecule has 0 aliphatic heterocycles. The first-order valence-electron chi connectivity index (χ1n) is 9.66. The molecule has 0 saturated heterocycles. The van der Waals surface area contributed by atoms with Crippen LogP contribution in [0.25, 0.3) is 10.9 Å². The number of amides is 3. The number of hydrogen-bond donors (Lipinski definition) is 3. The highest BCUT2D eigenvalue weighted by Gasteiger charge is 2.21. The van der Waals surface area contributed by atoms with E-state index in [-0.39, 0.29) is 5.69 Å². The summed E-state index contributed by atoms with van der Waals surface area (Å²) in [4.78, 5) is 38.2. The van der Waals surface area contributed by atoms with E-state index in [0.717, 1.165) is 0 Å². The largest absolute Gasteiger partial charge is 0.328 e. The summed E-state index contributed by atoms with van der Waals surface area (Å²) >= 11 is 24.0. The normalized spacial score (nSPS) is 10.7. The minimum atomic E-state index is -1.01. The third-order valence-electron chi connectivity index (χ3n) is 4.62. The predicted molar refractivity (Wildman–Crippen MR) is 136 cm³/mol. The highest BCUT2D eigenvalue weighted by atomic mass is 35.5. The Bertz CT molecular complexity index is 1430. The SMILES string of the molecule is O=C(Nc1cccc(Cl)c1)C(=O)Nn1c(C(=O)Nc2cc(Cl)cc(Cl)c2)cc2cc(Cl)ccc21. The lowest BCUT2D eigenvalue weighted by Crippen LogP contribution is -2.36. The lowest BCUT2D eigenvalue weighted by molar-refractivity contribution is -0.133. The van der Waals surface area contributed by atoms with Crippen molar-refractivity contribution in [2.24, 2.45) is 0 Å². The van der Waals surface area contributed by atoms with E-state index >= 15 is 0 Å². The van der Waals surface area contributed by atoms with E-state index in [0.29, 0.717) is 42.4 Å². The Morgan fingerprint density at radius 1 is 0.647 bits per heavy atom. The fourth-order valence-corrected chi connectivity index (χ4v) is 4.10. The zero-order valence-corrected chi connectivity index (χ0v) is 20.1. The van der Waals surface area contributed by atoms with Crippen molar-refractivity contribution in [3.63, 3.8) is 0 Å². The highest BCUT2D eigenvalue weighted by molar-refractivity contribution is 6.42. The van der Waals surface area contributed by atoms with E-state index in [9.17, 15) is 14.4 Å². The summed E-state index contributed by atoms with van der Waals surface area (Å²) < 4.78 is 1.20. The van der Waals surface area contributed by atoms with E-state index in [1.807, 2.05) is 0 Å². The quantitative estimate of drug-likeness (QED) is 0.271. The summed E-state index contributed by atoms with van der Waals surface area (Å²) in [5, 5.41) is 7.19. The second-order valence-electron chi connectivity index (χ2n) is 7.09. The number of carbonyl (C=O) groups excluding carboxylic acids is 3. The first-order chi connectivity index (χ1) is 16.2. The summed E-state index contributed by atoms with van der Waals surface area (Å²) in [6, 6.07) is 17.3. The number of nitrogens with one attached hydrogen (secondary N) is 3. The van der Waals surface area contributed by atoms with Crippen LogP contribution in [0.1, 0.15) is 10.5 Å². The summed E-state index contributed by atoms with van der Waals surface area (Å²) in [6.45, 7) is 0. The van der Waals surface area contributed by atoms with Gasteiger partial charge in [-0.15, -0.1) is 0 Å². The standard InChI is InChI=1S/C23H14Cl4N4O3/c24-13-2-1-3-17(9-13)28-22(33)23(34)30-31-19-5-4-14(25)6-12(19)7-20(31)21(32)29-18-10-15(26)8-16(27)11-18/h1-11H,(H,28,33)(H,29,32)(H,30,34). The van der Waals surface area contributed by atoms with Crippen LogP contribution in [0.5, 0.6) is 0 Å². The Morgan fingerprint density at radius 2 is 1.32 bits per heavy atom. The second-order valence-corrected chi connectivity index (χ2v) is 8.83. The maximum Gasteiger partial charge on any atom is 0.328 e. The summed E-state index contributed by atoms with van der Waals surface area (Å²) in [5.41, 5.74) is 3.63. The smallest absolute Gasteiger partial charge is 0.321 e. The highest BCUT2D eigenvalue weighted by Crippen LogP contribution is 2.26. The van der Waals surface area contributed by atoms with Gasteiger partial charge in [0.2, 0.25) is 0 Å². The van der Waals surface area contributed by atoms with Crippen LogP contribution < -0.4 is 16.1 Å². The van der Waals surface area contributed by atoms with Crippen LogP contribution in [0.4, 0.5) is 11.4 Å². The molecular formula is C23H14Cl4N4O3. The van der Waals surface area contributed by atoms with Gasteiger partial charge in [-0.05, 0) is 60.7 Å². The first-order valence-corrected chi connectivity index (χ1v) is 11.2. The Hall–Kier alpha value is -3.23. The van der Waals surface area contributed by atoms with Crippen LogP contribution in [0.3, 0.4) is 0 Å². The van der Waals surface area contributed by atoms with Gasteiger partial charge in [0.1, 0.15) is 5.69 Å². The van der Waals surface area contributed by atoms with Crippen molar-refractivity contribution >= 4 is 86.4 Å². The van der Waals surface area contributed by atoms with E-state index < -0.39 is 17.7 Å². The maximum absolute atomic E-state index is 13.1. The molecule has 0 atom stereocenters. The van der Waals surface area contributed by atoms with Crippen molar-refractivity contribution in [2.75, 3.05) is 16.1 Å². The number of rotatable bonds is 4. The minimum Gasteiger partial charge on any atom is -0.321 e. The molecule has 3 aromatic carbocycles. The molecule has 3 amide bonds. The fraction of sp³-hybridized carbons (Fsp3) is 0. The van der Waals surface area contributed by atoms with Crippen molar-refractivity contribution in [1.29, 1.82) is 0 Å². The van der Waals surface area contributed by atoms with E-state index in [4.69, 9.17) is 46.4 Å².